The van der Waals surface area contributed by atoms with Crippen LogP contribution in [0.3, 0.4) is 0 Å². The molecule has 1 aromatic carbocycles. The number of benzene rings is 1. The molecule has 3 rings (SSSR count). The molecule has 7 heteroatoms. The average molecular weight is 389 g/mol. The van der Waals surface area contributed by atoms with Crippen LogP contribution in [0.4, 0.5) is 5.69 Å². The van der Waals surface area contributed by atoms with Gasteiger partial charge in [-0.1, -0.05) is 25.1 Å². The number of nitrogens with one attached hydrogen (secondary N) is 1. The van der Waals surface area contributed by atoms with E-state index in [2.05, 4.69) is 17.1 Å². The molecule has 1 unspecified atom stereocenters. The summed E-state index contributed by atoms with van der Waals surface area (Å²) in [7, 11) is 0. The minimum Gasteiger partial charge on any atom is -0.381 e. The Morgan fingerprint density at radius 2 is 1.86 bits per heavy atom. The predicted molar refractivity (Wildman–Crippen MR) is 109 cm³/mol. The van der Waals surface area contributed by atoms with Crippen molar-refractivity contribution < 1.29 is 14.3 Å². The first-order chi connectivity index (χ1) is 13.6. The zero-order valence-corrected chi connectivity index (χ0v) is 16.7. The molecule has 0 radical (unpaired) electrons. The van der Waals surface area contributed by atoms with Gasteiger partial charge in [0.25, 0.3) is 0 Å². The molecule has 0 bridgehead atoms. The van der Waals surface area contributed by atoms with Crippen molar-refractivity contribution in [3.8, 4) is 0 Å². The summed E-state index contributed by atoms with van der Waals surface area (Å²) in [5.74, 6) is 0.233. The minimum absolute atomic E-state index is 0.0143. The number of piperazine rings is 1. The highest BCUT2D eigenvalue weighted by molar-refractivity contribution is 5.93. The van der Waals surface area contributed by atoms with Gasteiger partial charge in [-0.15, -0.1) is 0 Å². The lowest BCUT2D eigenvalue weighted by Gasteiger charge is -2.37. The first-order valence-corrected chi connectivity index (χ1v) is 10.3. The Bertz CT molecular complexity index is 667. The van der Waals surface area contributed by atoms with Crippen molar-refractivity contribution in [2.24, 2.45) is 11.7 Å². The van der Waals surface area contributed by atoms with E-state index in [1.54, 1.807) is 0 Å². The third-order valence-corrected chi connectivity index (χ3v) is 5.78. The molecule has 0 aliphatic carbocycles. The smallest absolute Gasteiger partial charge is 0.239 e. The Labute approximate surface area is 167 Å². The van der Waals surface area contributed by atoms with E-state index in [1.807, 2.05) is 29.2 Å². The van der Waals surface area contributed by atoms with Crippen molar-refractivity contribution in [3.63, 3.8) is 0 Å². The Morgan fingerprint density at radius 1 is 1.18 bits per heavy atom. The van der Waals surface area contributed by atoms with E-state index in [4.69, 9.17) is 10.5 Å². The van der Waals surface area contributed by atoms with Crippen LogP contribution in [-0.4, -0.2) is 73.6 Å². The maximum absolute atomic E-state index is 12.7. The molecule has 28 heavy (non-hydrogen) atoms. The Hall–Kier alpha value is -1.96. The van der Waals surface area contributed by atoms with E-state index in [-0.39, 0.29) is 17.7 Å². The summed E-state index contributed by atoms with van der Waals surface area (Å²) >= 11 is 0. The minimum atomic E-state index is -0.440. The number of rotatable bonds is 6. The van der Waals surface area contributed by atoms with E-state index in [0.717, 1.165) is 30.5 Å². The van der Waals surface area contributed by atoms with Gasteiger partial charge in [0.15, 0.2) is 0 Å². The molecule has 3 N–H and O–H groups in total. The molecule has 2 aliphatic rings. The SMILES string of the molecule is CCc1ccccc1NC(=O)CN1CCN(C(=O)C(N)C2CCOCC2)CC1. The van der Waals surface area contributed by atoms with Gasteiger partial charge < -0.3 is 20.7 Å². The van der Waals surface area contributed by atoms with Gasteiger partial charge in [0.2, 0.25) is 11.8 Å². The maximum Gasteiger partial charge on any atom is 0.239 e. The first-order valence-electron chi connectivity index (χ1n) is 10.3. The average Bonchev–Trinajstić information content (AvgIpc) is 2.74. The zero-order valence-electron chi connectivity index (χ0n) is 16.7. The van der Waals surface area contributed by atoms with Crippen molar-refractivity contribution >= 4 is 17.5 Å². The van der Waals surface area contributed by atoms with E-state index < -0.39 is 6.04 Å². The second-order valence-electron chi connectivity index (χ2n) is 7.64. The topological polar surface area (TPSA) is 87.9 Å². The van der Waals surface area contributed by atoms with Crippen LogP contribution in [0.5, 0.6) is 0 Å². The number of hydrogen-bond donors (Lipinski definition) is 2. The fraction of sp³-hybridized carbons (Fsp3) is 0.619. The lowest BCUT2D eigenvalue weighted by Crippen LogP contribution is -2.56. The van der Waals surface area contributed by atoms with E-state index in [1.165, 1.54) is 0 Å². The standard InChI is InChI=1S/C21H32N4O3/c1-2-16-5-3-4-6-18(16)23-19(26)15-24-9-11-25(12-10-24)21(27)20(22)17-7-13-28-14-8-17/h3-6,17,20H,2,7-15,22H2,1H3,(H,23,26). The molecular weight excluding hydrogens is 356 g/mol. The highest BCUT2D eigenvalue weighted by Crippen LogP contribution is 2.20. The summed E-state index contributed by atoms with van der Waals surface area (Å²) < 4.78 is 5.36. The lowest BCUT2D eigenvalue weighted by molar-refractivity contribution is -0.136. The maximum atomic E-state index is 12.7. The van der Waals surface area contributed by atoms with Crippen molar-refractivity contribution in [1.82, 2.24) is 9.80 Å². The second-order valence-corrected chi connectivity index (χ2v) is 7.64. The van der Waals surface area contributed by atoms with E-state index in [0.29, 0.717) is 45.9 Å². The van der Waals surface area contributed by atoms with Gasteiger partial charge in [-0.05, 0) is 36.8 Å². The predicted octanol–water partition coefficient (Wildman–Crippen LogP) is 1.09. The van der Waals surface area contributed by atoms with Gasteiger partial charge in [-0.2, -0.15) is 0 Å². The van der Waals surface area contributed by atoms with Gasteiger partial charge in [0.05, 0.1) is 12.6 Å². The third kappa shape index (κ3) is 5.31. The summed E-state index contributed by atoms with van der Waals surface area (Å²) in [5, 5.41) is 3.01. The number of ether oxygens (including phenoxy) is 1. The molecule has 7 nitrogen and oxygen atoms in total. The van der Waals surface area contributed by atoms with E-state index >= 15 is 0 Å². The number of anilines is 1. The number of hydrogen-bond acceptors (Lipinski definition) is 5. The molecule has 0 saturated carbocycles. The number of para-hydroxylation sites is 1. The fourth-order valence-corrected chi connectivity index (χ4v) is 3.96. The number of aryl methyl sites for hydroxylation is 1. The van der Waals surface area contributed by atoms with Crippen LogP contribution in [0.2, 0.25) is 0 Å². The number of amides is 2. The first kappa shape index (κ1) is 20.8. The van der Waals surface area contributed by atoms with Crippen LogP contribution in [0.15, 0.2) is 24.3 Å². The van der Waals surface area contributed by atoms with Gasteiger partial charge in [-0.3, -0.25) is 14.5 Å². The molecule has 2 saturated heterocycles. The third-order valence-electron chi connectivity index (χ3n) is 5.78. The Kier molecular flexibility index (Phi) is 7.42. The van der Waals surface area contributed by atoms with Gasteiger partial charge in [0, 0.05) is 45.1 Å². The summed E-state index contributed by atoms with van der Waals surface area (Å²) in [4.78, 5) is 29.1. The molecular formula is C21H32N4O3. The van der Waals surface area contributed by atoms with Crippen LogP contribution in [-0.2, 0) is 20.7 Å². The number of nitrogens with zero attached hydrogens (tertiary/aromatic N) is 2. The molecule has 1 aromatic rings. The second kappa shape index (κ2) is 10.0. The zero-order chi connectivity index (χ0) is 19.9. The Balaban J connectivity index is 1.44. The molecule has 2 aliphatic heterocycles. The summed E-state index contributed by atoms with van der Waals surface area (Å²) in [5.41, 5.74) is 8.24. The highest BCUT2D eigenvalue weighted by atomic mass is 16.5. The molecule has 2 amide bonds. The monoisotopic (exact) mass is 388 g/mol. The van der Waals surface area contributed by atoms with Crippen molar-refractivity contribution in [2.75, 3.05) is 51.3 Å². The quantitative estimate of drug-likeness (QED) is 0.762. The number of carbonyl (C=O) groups excluding carboxylic acids is 2. The summed E-state index contributed by atoms with van der Waals surface area (Å²) in [6.07, 6.45) is 2.59. The number of nitrogens with two attached hydrogens (primary N) is 1. The van der Waals surface area contributed by atoms with Crippen LogP contribution < -0.4 is 11.1 Å². The van der Waals surface area contributed by atoms with Crippen LogP contribution in [0, 0.1) is 5.92 Å². The Morgan fingerprint density at radius 3 is 2.54 bits per heavy atom. The van der Waals surface area contributed by atoms with Gasteiger partial charge >= 0.3 is 0 Å². The number of carbonyl (C=O) groups is 2. The van der Waals surface area contributed by atoms with Crippen molar-refractivity contribution in [1.29, 1.82) is 0 Å². The largest absolute Gasteiger partial charge is 0.381 e. The molecule has 154 valence electrons. The van der Waals surface area contributed by atoms with Crippen LogP contribution in [0.25, 0.3) is 0 Å². The lowest BCUT2D eigenvalue weighted by atomic mass is 9.91. The molecule has 2 fully saturated rings. The highest BCUT2D eigenvalue weighted by Gasteiger charge is 2.31. The van der Waals surface area contributed by atoms with Crippen molar-refractivity contribution in [3.05, 3.63) is 29.8 Å². The molecule has 0 aromatic heterocycles. The van der Waals surface area contributed by atoms with Crippen LogP contribution in [0.1, 0.15) is 25.3 Å². The summed E-state index contributed by atoms with van der Waals surface area (Å²) in [6.45, 7) is 6.41. The van der Waals surface area contributed by atoms with Gasteiger partial charge in [-0.25, -0.2) is 0 Å². The summed E-state index contributed by atoms with van der Waals surface area (Å²) in [6, 6.07) is 7.44. The van der Waals surface area contributed by atoms with Crippen LogP contribution >= 0.6 is 0 Å². The molecule has 0 spiro atoms. The van der Waals surface area contributed by atoms with Gasteiger partial charge in [0.1, 0.15) is 0 Å². The molecule has 1 atom stereocenters. The van der Waals surface area contributed by atoms with Crippen molar-refractivity contribution in [2.45, 2.75) is 32.2 Å². The molecule has 2 heterocycles. The fourth-order valence-electron chi connectivity index (χ4n) is 3.96. The van der Waals surface area contributed by atoms with E-state index in [9.17, 15) is 9.59 Å². The normalized spacial score (nSPS) is 20.0.